The van der Waals surface area contributed by atoms with E-state index in [1.54, 1.807) is 6.07 Å². The Hall–Kier alpha value is -2.54. The van der Waals surface area contributed by atoms with Gasteiger partial charge in [-0.3, -0.25) is 9.59 Å². The zero-order valence-corrected chi connectivity index (χ0v) is 16.2. The predicted octanol–water partition coefficient (Wildman–Crippen LogP) is 2.95. The van der Waals surface area contributed by atoms with Crippen LogP contribution in [0.15, 0.2) is 41.8 Å². The first-order valence-corrected chi connectivity index (χ1v) is 10.0. The van der Waals surface area contributed by atoms with E-state index in [2.05, 4.69) is 5.32 Å². The fraction of sp³-hybridized carbons (Fsp3) is 0.400. The summed E-state index contributed by atoms with van der Waals surface area (Å²) in [6, 6.07) is 11.1. The molecule has 0 spiro atoms. The summed E-state index contributed by atoms with van der Waals surface area (Å²) in [7, 11) is 0. The Bertz CT molecular complexity index is 755. The number of amides is 2. The summed E-state index contributed by atoms with van der Waals surface area (Å²) in [4.78, 5) is 27.2. The number of hydrogen-bond acceptors (Lipinski definition) is 5. The van der Waals surface area contributed by atoms with Crippen LogP contribution >= 0.6 is 11.3 Å². The molecular weight excluding hydrogens is 364 g/mol. The highest BCUT2D eigenvalue weighted by Crippen LogP contribution is 2.26. The molecule has 2 heterocycles. The number of nitrogens with zero attached hydrogens (tertiary/aromatic N) is 1. The van der Waals surface area contributed by atoms with Gasteiger partial charge in [-0.05, 0) is 43.3 Å². The van der Waals surface area contributed by atoms with Crippen LogP contribution < -0.4 is 14.8 Å². The molecule has 1 aliphatic rings. The number of rotatable bonds is 7. The minimum atomic E-state index is -0.163. The highest BCUT2D eigenvalue weighted by Gasteiger charge is 2.25. The lowest BCUT2D eigenvalue weighted by Crippen LogP contribution is -2.47. The van der Waals surface area contributed by atoms with Crippen molar-refractivity contribution in [2.75, 3.05) is 26.3 Å². The van der Waals surface area contributed by atoms with Gasteiger partial charge in [-0.2, -0.15) is 0 Å². The maximum atomic E-state index is 12.4. The van der Waals surface area contributed by atoms with E-state index in [0.29, 0.717) is 31.2 Å². The monoisotopic (exact) mass is 388 g/mol. The Morgan fingerprint density at radius 3 is 2.44 bits per heavy atom. The molecule has 1 N–H and O–H groups in total. The van der Waals surface area contributed by atoms with E-state index in [0.717, 1.165) is 17.7 Å². The summed E-state index contributed by atoms with van der Waals surface area (Å²) in [6.07, 6.45) is 1.50. The minimum absolute atomic E-state index is 0.0571. The zero-order chi connectivity index (χ0) is 19.1. The molecule has 144 valence electrons. The standard InChI is InChI=1S/C20H24N2O4S/c1-2-25-16-6-3-4-7-17(16)26-14-19(23)21-15-9-11-22(12-10-15)20(24)18-8-5-13-27-18/h3-8,13,15H,2,9-12,14H2,1H3,(H,21,23). The third-order valence-corrected chi connectivity index (χ3v) is 5.24. The highest BCUT2D eigenvalue weighted by atomic mass is 32.1. The van der Waals surface area contributed by atoms with Gasteiger partial charge in [0.1, 0.15) is 0 Å². The highest BCUT2D eigenvalue weighted by molar-refractivity contribution is 7.12. The SMILES string of the molecule is CCOc1ccccc1OCC(=O)NC1CCN(C(=O)c2cccs2)CC1. The van der Waals surface area contributed by atoms with Gasteiger partial charge in [-0.1, -0.05) is 18.2 Å². The van der Waals surface area contributed by atoms with E-state index in [4.69, 9.17) is 9.47 Å². The van der Waals surface area contributed by atoms with Gasteiger partial charge in [0.2, 0.25) is 0 Å². The van der Waals surface area contributed by atoms with E-state index < -0.39 is 0 Å². The molecule has 7 heteroatoms. The van der Waals surface area contributed by atoms with E-state index in [-0.39, 0.29) is 24.5 Å². The summed E-state index contributed by atoms with van der Waals surface area (Å²) in [5.74, 6) is 1.11. The quantitative estimate of drug-likeness (QED) is 0.792. The number of hydrogen-bond donors (Lipinski definition) is 1. The van der Waals surface area contributed by atoms with Crippen LogP contribution in [-0.2, 0) is 4.79 Å². The van der Waals surface area contributed by atoms with Crippen molar-refractivity contribution in [1.82, 2.24) is 10.2 Å². The van der Waals surface area contributed by atoms with Crippen molar-refractivity contribution < 1.29 is 19.1 Å². The van der Waals surface area contributed by atoms with Gasteiger partial charge < -0.3 is 19.7 Å². The topological polar surface area (TPSA) is 67.9 Å². The Morgan fingerprint density at radius 1 is 1.11 bits per heavy atom. The molecule has 1 aliphatic heterocycles. The number of ether oxygens (including phenoxy) is 2. The van der Waals surface area contributed by atoms with Crippen LogP contribution in [0.4, 0.5) is 0 Å². The van der Waals surface area contributed by atoms with Crippen LogP contribution in [0.3, 0.4) is 0 Å². The second-order valence-electron chi connectivity index (χ2n) is 6.28. The summed E-state index contributed by atoms with van der Waals surface area (Å²) < 4.78 is 11.1. The molecule has 0 aliphatic carbocycles. The van der Waals surface area contributed by atoms with E-state index in [1.165, 1.54) is 11.3 Å². The molecule has 0 radical (unpaired) electrons. The molecule has 0 unspecified atom stereocenters. The summed E-state index contributed by atoms with van der Waals surface area (Å²) in [6.45, 7) is 3.68. The summed E-state index contributed by atoms with van der Waals surface area (Å²) in [5, 5.41) is 4.90. The molecule has 0 saturated carbocycles. The number of thiophene rings is 1. The van der Waals surface area contributed by atoms with Crippen molar-refractivity contribution in [3.8, 4) is 11.5 Å². The smallest absolute Gasteiger partial charge is 0.263 e. The Morgan fingerprint density at radius 2 is 1.81 bits per heavy atom. The number of nitrogens with one attached hydrogen (secondary N) is 1. The van der Waals surface area contributed by atoms with Crippen molar-refractivity contribution in [3.05, 3.63) is 46.7 Å². The molecule has 0 atom stereocenters. The van der Waals surface area contributed by atoms with Crippen LogP contribution in [0.5, 0.6) is 11.5 Å². The van der Waals surface area contributed by atoms with Crippen LogP contribution in [0, 0.1) is 0 Å². The van der Waals surface area contributed by atoms with Gasteiger partial charge in [-0.15, -0.1) is 11.3 Å². The lowest BCUT2D eigenvalue weighted by atomic mass is 10.0. The van der Waals surface area contributed by atoms with Crippen LogP contribution in [-0.4, -0.2) is 49.1 Å². The zero-order valence-electron chi connectivity index (χ0n) is 15.3. The summed E-state index contributed by atoms with van der Waals surface area (Å²) in [5.41, 5.74) is 0. The van der Waals surface area contributed by atoms with Gasteiger partial charge in [0.15, 0.2) is 18.1 Å². The van der Waals surface area contributed by atoms with Crippen molar-refractivity contribution in [2.45, 2.75) is 25.8 Å². The van der Waals surface area contributed by atoms with Crippen molar-refractivity contribution >= 4 is 23.2 Å². The number of carbonyl (C=O) groups excluding carboxylic acids is 2. The lowest BCUT2D eigenvalue weighted by molar-refractivity contribution is -0.124. The van der Waals surface area contributed by atoms with Crippen molar-refractivity contribution in [3.63, 3.8) is 0 Å². The van der Waals surface area contributed by atoms with Gasteiger partial charge in [0, 0.05) is 19.1 Å². The fourth-order valence-corrected chi connectivity index (χ4v) is 3.73. The third-order valence-electron chi connectivity index (χ3n) is 4.39. The van der Waals surface area contributed by atoms with Crippen LogP contribution in [0.25, 0.3) is 0 Å². The maximum Gasteiger partial charge on any atom is 0.263 e. The average Bonchev–Trinajstić information content (AvgIpc) is 3.22. The molecule has 1 fully saturated rings. The largest absolute Gasteiger partial charge is 0.490 e. The Balaban J connectivity index is 1.43. The number of likely N-dealkylation sites (tertiary alicyclic amines) is 1. The first-order chi connectivity index (χ1) is 13.2. The van der Waals surface area contributed by atoms with E-state index in [9.17, 15) is 9.59 Å². The Kier molecular flexibility index (Phi) is 6.70. The number of carbonyl (C=O) groups is 2. The molecule has 1 aromatic heterocycles. The molecule has 27 heavy (non-hydrogen) atoms. The number of para-hydroxylation sites is 2. The second kappa shape index (κ2) is 9.41. The van der Waals surface area contributed by atoms with Crippen LogP contribution in [0.1, 0.15) is 29.4 Å². The maximum absolute atomic E-state index is 12.4. The minimum Gasteiger partial charge on any atom is -0.490 e. The van der Waals surface area contributed by atoms with Gasteiger partial charge in [-0.25, -0.2) is 0 Å². The first-order valence-electron chi connectivity index (χ1n) is 9.14. The molecule has 0 bridgehead atoms. The van der Waals surface area contributed by atoms with Crippen LogP contribution in [0.2, 0.25) is 0 Å². The third kappa shape index (κ3) is 5.23. The van der Waals surface area contributed by atoms with Gasteiger partial charge in [0.25, 0.3) is 11.8 Å². The van der Waals surface area contributed by atoms with E-state index in [1.807, 2.05) is 47.5 Å². The molecular formula is C20H24N2O4S. The van der Waals surface area contributed by atoms with Crippen molar-refractivity contribution in [2.24, 2.45) is 0 Å². The molecule has 2 aromatic rings. The van der Waals surface area contributed by atoms with Crippen molar-refractivity contribution in [1.29, 1.82) is 0 Å². The normalized spacial score (nSPS) is 14.6. The molecule has 3 rings (SSSR count). The number of piperidine rings is 1. The molecule has 1 saturated heterocycles. The predicted molar refractivity (Wildman–Crippen MR) is 104 cm³/mol. The van der Waals surface area contributed by atoms with Gasteiger partial charge >= 0.3 is 0 Å². The number of benzene rings is 1. The molecule has 1 aromatic carbocycles. The Labute approximate surface area is 163 Å². The molecule has 6 nitrogen and oxygen atoms in total. The lowest BCUT2D eigenvalue weighted by Gasteiger charge is -2.32. The molecule has 2 amide bonds. The summed E-state index contributed by atoms with van der Waals surface area (Å²) >= 11 is 1.46. The van der Waals surface area contributed by atoms with E-state index >= 15 is 0 Å². The first kappa shape index (κ1) is 19.2. The van der Waals surface area contributed by atoms with Gasteiger partial charge in [0.05, 0.1) is 11.5 Å². The fourth-order valence-electron chi connectivity index (χ4n) is 3.04. The average molecular weight is 388 g/mol. The second-order valence-corrected chi connectivity index (χ2v) is 7.23.